The lowest BCUT2D eigenvalue weighted by atomic mass is 9.89. The van der Waals surface area contributed by atoms with Crippen molar-refractivity contribution < 1.29 is 24.5 Å². The van der Waals surface area contributed by atoms with Crippen LogP contribution in [0.25, 0.3) is 17.0 Å². The van der Waals surface area contributed by atoms with Crippen LogP contribution in [0.3, 0.4) is 0 Å². The molecule has 1 aromatic heterocycles. The molecule has 0 radical (unpaired) electrons. The van der Waals surface area contributed by atoms with Crippen LogP contribution in [0, 0.1) is 0 Å². The number of ketones is 1. The number of aryl methyl sites for hydroxylation is 1. The number of H-pyrrole nitrogens is 1. The first kappa shape index (κ1) is 16.9. The van der Waals surface area contributed by atoms with Gasteiger partial charge in [-0.2, -0.15) is 0 Å². The summed E-state index contributed by atoms with van der Waals surface area (Å²) in [5, 5.41) is 19.7. The Morgan fingerprint density at radius 1 is 1.19 bits per heavy atom. The van der Waals surface area contributed by atoms with Crippen LogP contribution in [0.15, 0.2) is 42.0 Å². The zero-order valence-electron chi connectivity index (χ0n) is 14.6. The number of aromatic hydroxyl groups is 1. The smallest absolute Gasteiger partial charge is 0.335 e. The summed E-state index contributed by atoms with van der Waals surface area (Å²) in [7, 11) is 1.47. The molecular weight excluding hydrogens is 346 g/mol. The normalized spacial score (nSPS) is 15.1. The first-order chi connectivity index (χ1) is 13.0. The number of phenols is 1. The van der Waals surface area contributed by atoms with Crippen LogP contribution in [-0.4, -0.2) is 34.1 Å². The van der Waals surface area contributed by atoms with Crippen molar-refractivity contribution in [2.24, 2.45) is 0 Å². The van der Waals surface area contributed by atoms with Crippen LogP contribution in [0.4, 0.5) is 0 Å². The maximum atomic E-state index is 12.9. The molecule has 0 spiro atoms. The van der Waals surface area contributed by atoms with E-state index in [1.54, 1.807) is 30.3 Å². The minimum atomic E-state index is -0.990. The van der Waals surface area contributed by atoms with Gasteiger partial charge in [0.1, 0.15) is 0 Å². The highest BCUT2D eigenvalue weighted by molar-refractivity contribution is 6.15. The monoisotopic (exact) mass is 363 g/mol. The Morgan fingerprint density at radius 2 is 2.00 bits per heavy atom. The third kappa shape index (κ3) is 2.85. The number of nitrogens with one attached hydrogen (secondary N) is 1. The van der Waals surface area contributed by atoms with Crippen molar-refractivity contribution >= 4 is 28.7 Å². The summed E-state index contributed by atoms with van der Waals surface area (Å²) in [5.41, 5.74) is 3.75. The molecule has 0 amide bonds. The lowest BCUT2D eigenvalue weighted by molar-refractivity contribution is 0.0697. The number of carbonyl (C=O) groups is 2. The van der Waals surface area contributed by atoms with Crippen molar-refractivity contribution in [3.63, 3.8) is 0 Å². The molecule has 6 nitrogen and oxygen atoms in total. The standard InChI is InChI=1S/C21H17NO5/c1-27-18-9-11(2-7-17(18)23)8-12-3-5-14-15-10-13(21(25)26)4-6-16(15)22-19(14)20(12)24/h2,4,6-10,22-23H,3,5H2,1H3,(H,25,26)/b12-8+. The van der Waals surface area contributed by atoms with Gasteiger partial charge in [0.25, 0.3) is 0 Å². The molecule has 3 N–H and O–H groups in total. The van der Waals surface area contributed by atoms with Crippen LogP contribution in [0.1, 0.15) is 38.4 Å². The molecule has 27 heavy (non-hydrogen) atoms. The zero-order chi connectivity index (χ0) is 19.1. The van der Waals surface area contributed by atoms with E-state index < -0.39 is 5.97 Å². The van der Waals surface area contributed by atoms with Gasteiger partial charge >= 0.3 is 5.97 Å². The first-order valence-electron chi connectivity index (χ1n) is 8.48. The number of aromatic nitrogens is 1. The molecule has 136 valence electrons. The summed E-state index contributed by atoms with van der Waals surface area (Å²) in [4.78, 5) is 27.3. The predicted molar refractivity (Wildman–Crippen MR) is 101 cm³/mol. The number of aromatic carboxylic acids is 1. The van der Waals surface area contributed by atoms with Gasteiger partial charge < -0.3 is 19.9 Å². The van der Waals surface area contributed by atoms with Crippen LogP contribution < -0.4 is 4.74 Å². The first-order valence-corrected chi connectivity index (χ1v) is 8.48. The predicted octanol–water partition coefficient (Wildman–Crippen LogP) is 3.79. The van der Waals surface area contributed by atoms with Crippen molar-refractivity contribution in [2.45, 2.75) is 12.8 Å². The van der Waals surface area contributed by atoms with E-state index in [4.69, 9.17) is 4.74 Å². The van der Waals surface area contributed by atoms with E-state index in [-0.39, 0.29) is 17.1 Å². The van der Waals surface area contributed by atoms with E-state index in [1.807, 2.05) is 0 Å². The fourth-order valence-corrected chi connectivity index (χ4v) is 3.49. The Bertz CT molecular complexity index is 1120. The molecule has 0 saturated carbocycles. The van der Waals surface area contributed by atoms with Crippen molar-refractivity contribution in [2.75, 3.05) is 7.11 Å². The van der Waals surface area contributed by atoms with E-state index in [2.05, 4.69) is 4.98 Å². The number of rotatable bonds is 3. The number of allylic oxidation sites excluding steroid dienone is 1. The SMILES string of the molecule is COc1cc(/C=C2\CCc3c([nH]c4ccc(C(=O)O)cc34)C2=O)ccc1O. The van der Waals surface area contributed by atoms with E-state index in [0.29, 0.717) is 29.9 Å². The van der Waals surface area contributed by atoms with Gasteiger partial charge in [-0.05, 0) is 60.4 Å². The van der Waals surface area contributed by atoms with Gasteiger partial charge in [0.05, 0.1) is 18.4 Å². The van der Waals surface area contributed by atoms with Gasteiger partial charge in [-0.1, -0.05) is 6.07 Å². The van der Waals surface area contributed by atoms with Gasteiger partial charge in [0.15, 0.2) is 11.5 Å². The Hall–Kier alpha value is -3.54. The Balaban J connectivity index is 1.75. The van der Waals surface area contributed by atoms with E-state index in [1.165, 1.54) is 19.2 Å². The average Bonchev–Trinajstić information content (AvgIpc) is 3.04. The number of hydrogen-bond acceptors (Lipinski definition) is 4. The van der Waals surface area contributed by atoms with Crippen molar-refractivity contribution in [3.05, 3.63) is 64.4 Å². The molecule has 0 fully saturated rings. The summed E-state index contributed by atoms with van der Waals surface area (Å²) < 4.78 is 5.11. The number of Topliss-reactive ketones (excluding diaryl/α,β-unsaturated/α-hetero) is 1. The molecule has 1 heterocycles. The Kier molecular flexibility index (Phi) is 3.96. The fraction of sp³-hybridized carbons (Fsp3) is 0.143. The summed E-state index contributed by atoms with van der Waals surface area (Å²) in [5.74, 6) is -0.700. The highest BCUT2D eigenvalue weighted by atomic mass is 16.5. The van der Waals surface area contributed by atoms with E-state index in [9.17, 15) is 19.8 Å². The minimum absolute atomic E-state index is 0.0433. The third-order valence-corrected chi connectivity index (χ3v) is 4.86. The largest absolute Gasteiger partial charge is 0.504 e. The number of ether oxygens (including phenoxy) is 1. The molecule has 0 bridgehead atoms. The van der Waals surface area contributed by atoms with Gasteiger partial charge in [-0.25, -0.2) is 4.79 Å². The van der Waals surface area contributed by atoms with Crippen molar-refractivity contribution in [1.82, 2.24) is 4.98 Å². The minimum Gasteiger partial charge on any atom is -0.504 e. The third-order valence-electron chi connectivity index (χ3n) is 4.86. The zero-order valence-corrected chi connectivity index (χ0v) is 14.6. The number of fused-ring (bicyclic) bond motifs is 3. The molecule has 2 aromatic carbocycles. The van der Waals surface area contributed by atoms with Crippen molar-refractivity contribution in [1.29, 1.82) is 0 Å². The maximum Gasteiger partial charge on any atom is 0.335 e. The second-order valence-electron chi connectivity index (χ2n) is 6.47. The summed E-state index contributed by atoms with van der Waals surface area (Å²) in [6.07, 6.45) is 2.99. The molecule has 0 aliphatic heterocycles. The topological polar surface area (TPSA) is 99.6 Å². The number of carbonyl (C=O) groups excluding carboxylic acids is 1. The second-order valence-corrected chi connectivity index (χ2v) is 6.47. The molecule has 1 aliphatic rings. The lowest BCUT2D eigenvalue weighted by Gasteiger charge is -2.14. The molecule has 0 saturated heterocycles. The molecule has 3 aromatic rings. The quantitative estimate of drug-likeness (QED) is 0.615. The molecule has 1 aliphatic carbocycles. The van der Waals surface area contributed by atoms with Crippen LogP contribution in [0.2, 0.25) is 0 Å². The number of aromatic amines is 1. The number of carboxylic acids is 1. The van der Waals surface area contributed by atoms with Crippen LogP contribution in [-0.2, 0) is 6.42 Å². The Morgan fingerprint density at radius 3 is 2.74 bits per heavy atom. The average molecular weight is 363 g/mol. The number of methoxy groups -OCH3 is 1. The number of phenolic OH excluding ortho intramolecular Hbond substituents is 1. The van der Waals surface area contributed by atoms with Crippen LogP contribution in [0.5, 0.6) is 11.5 Å². The fourth-order valence-electron chi connectivity index (χ4n) is 3.49. The summed E-state index contributed by atoms with van der Waals surface area (Å²) in [6.45, 7) is 0. The summed E-state index contributed by atoms with van der Waals surface area (Å²) in [6, 6.07) is 9.75. The summed E-state index contributed by atoms with van der Waals surface area (Å²) >= 11 is 0. The molecule has 6 heteroatoms. The van der Waals surface area contributed by atoms with Gasteiger partial charge in [0, 0.05) is 16.5 Å². The number of benzene rings is 2. The highest BCUT2D eigenvalue weighted by Crippen LogP contribution is 2.34. The van der Waals surface area contributed by atoms with Gasteiger partial charge in [-0.15, -0.1) is 0 Å². The molecule has 0 atom stereocenters. The molecule has 0 unspecified atom stereocenters. The van der Waals surface area contributed by atoms with E-state index in [0.717, 1.165) is 22.0 Å². The Labute approximate surface area is 154 Å². The maximum absolute atomic E-state index is 12.9. The lowest BCUT2D eigenvalue weighted by Crippen LogP contribution is -2.13. The van der Waals surface area contributed by atoms with Gasteiger partial charge in [0.2, 0.25) is 5.78 Å². The second kappa shape index (κ2) is 6.32. The molecule has 4 rings (SSSR count). The number of carboxylic acid groups (broad SMARTS) is 1. The van der Waals surface area contributed by atoms with Gasteiger partial charge in [-0.3, -0.25) is 4.79 Å². The molecular formula is C21H17NO5. The van der Waals surface area contributed by atoms with E-state index >= 15 is 0 Å². The van der Waals surface area contributed by atoms with Crippen LogP contribution >= 0.6 is 0 Å². The van der Waals surface area contributed by atoms with Crippen molar-refractivity contribution in [3.8, 4) is 11.5 Å². The highest BCUT2D eigenvalue weighted by Gasteiger charge is 2.26. The number of hydrogen-bond donors (Lipinski definition) is 3.